The van der Waals surface area contributed by atoms with E-state index in [-0.39, 0.29) is 5.56 Å². The van der Waals surface area contributed by atoms with Crippen LogP contribution < -0.4 is 11.3 Å². The Morgan fingerprint density at radius 3 is 2.33 bits per heavy atom. The van der Waals surface area contributed by atoms with Gasteiger partial charge >= 0.3 is 0 Å². The van der Waals surface area contributed by atoms with Crippen LogP contribution in [0.15, 0.2) is 59.4 Å². The number of aromatic nitrogens is 2. The highest BCUT2D eigenvalue weighted by Gasteiger charge is 2.26. The second-order valence-electron chi connectivity index (χ2n) is 7.38. The fourth-order valence-corrected chi connectivity index (χ4v) is 4.87. The molecule has 0 saturated carbocycles. The molecule has 30 heavy (non-hydrogen) atoms. The van der Waals surface area contributed by atoms with Gasteiger partial charge in [-0.15, -0.1) is 11.3 Å². The first kappa shape index (κ1) is 20.0. The second-order valence-corrected chi connectivity index (χ2v) is 8.59. The van der Waals surface area contributed by atoms with Crippen molar-refractivity contribution in [3.8, 4) is 22.5 Å². The summed E-state index contributed by atoms with van der Waals surface area (Å²) < 4.78 is 1.48. The van der Waals surface area contributed by atoms with Crippen LogP contribution in [0.5, 0.6) is 0 Å². The molecule has 2 aromatic carbocycles. The fourth-order valence-electron chi connectivity index (χ4n) is 3.83. The van der Waals surface area contributed by atoms with Crippen LogP contribution >= 0.6 is 11.3 Å². The van der Waals surface area contributed by atoms with Gasteiger partial charge in [0, 0.05) is 16.0 Å². The van der Waals surface area contributed by atoms with Crippen LogP contribution in [0.4, 0.5) is 0 Å². The van der Waals surface area contributed by atoms with Crippen molar-refractivity contribution in [2.45, 2.75) is 33.2 Å². The smallest absolute Gasteiger partial charge is 0.263 e. The average Bonchev–Trinajstić information content (AvgIpc) is 3.07. The summed E-state index contributed by atoms with van der Waals surface area (Å²) in [4.78, 5) is 32.6. The quantitative estimate of drug-likeness (QED) is 0.504. The molecule has 6 heteroatoms. The van der Waals surface area contributed by atoms with E-state index in [1.807, 2.05) is 75.4 Å². The van der Waals surface area contributed by atoms with E-state index in [9.17, 15) is 9.59 Å². The van der Waals surface area contributed by atoms with Crippen LogP contribution in [0, 0.1) is 13.8 Å². The molecular formula is C24H23N3O2S. The molecule has 1 unspecified atom stereocenters. The molecule has 5 nitrogen and oxygen atoms in total. The Bertz CT molecular complexity index is 1290. The molecular weight excluding hydrogens is 394 g/mol. The van der Waals surface area contributed by atoms with Gasteiger partial charge in [-0.1, -0.05) is 67.1 Å². The molecule has 4 rings (SSSR count). The highest BCUT2D eigenvalue weighted by atomic mass is 32.1. The Labute approximate surface area is 178 Å². The third kappa shape index (κ3) is 3.33. The summed E-state index contributed by atoms with van der Waals surface area (Å²) in [5.41, 5.74) is 9.22. The predicted molar refractivity (Wildman–Crippen MR) is 123 cm³/mol. The minimum atomic E-state index is -0.768. The SMILES string of the molecule is CCC(C(N)=O)n1c(-c2ccccc2)nc2sc(C)c(-c3ccc(C)cc3)c2c1=O. The minimum absolute atomic E-state index is 0.232. The molecule has 2 heterocycles. The first-order chi connectivity index (χ1) is 14.4. The van der Waals surface area contributed by atoms with Crippen LogP contribution in [0.3, 0.4) is 0 Å². The molecule has 0 spiro atoms. The van der Waals surface area contributed by atoms with Crippen molar-refractivity contribution in [3.63, 3.8) is 0 Å². The number of rotatable bonds is 5. The van der Waals surface area contributed by atoms with Gasteiger partial charge in [0.25, 0.3) is 5.56 Å². The van der Waals surface area contributed by atoms with Gasteiger partial charge in [-0.05, 0) is 25.8 Å². The molecule has 0 aliphatic heterocycles. The molecule has 152 valence electrons. The van der Waals surface area contributed by atoms with Crippen molar-refractivity contribution in [1.82, 2.24) is 9.55 Å². The normalized spacial score (nSPS) is 12.2. The van der Waals surface area contributed by atoms with Gasteiger partial charge in [-0.3, -0.25) is 14.2 Å². The number of fused-ring (bicyclic) bond motifs is 1. The third-order valence-electron chi connectivity index (χ3n) is 5.33. The maximum absolute atomic E-state index is 13.8. The van der Waals surface area contributed by atoms with E-state index < -0.39 is 11.9 Å². The Balaban J connectivity index is 2.11. The number of thiophene rings is 1. The maximum Gasteiger partial charge on any atom is 0.263 e. The zero-order chi connectivity index (χ0) is 21.4. The summed E-state index contributed by atoms with van der Waals surface area (Å²) in [6, 6.07) is 16.8. The number of nitrogens with zero attached hydrogens (tertiary/aromatic N) is 2. The summed E-state index contributed by atoms with van der Waals surface area (Å²) in [6.45, 7) is 5.88. The summed E-state index contributed by atoms with van der Waals surface area (Å²) in [6.07, 6.45) is 0.408. The molecule has 1 amide bonds. The summed E-state index contributed by atoms with van der Waals surface area (Å²) in [5.74, 6) is -0.0720. The molecule has 0 bridgehead atoms. The molecule has 0 radical (unpaired) electrons. The molecule has 0 aliphatic rings. The largest absolute Gasteiger partial charge is 0.368 e. The van der Waals surface area contributed by atoms with Crippen molar-refractivity contribution < 1.29 is 4.79 Å². The van der Waals surface area contributed by atoms with Gasteiger partial charge in [0.15, 0.2) is 0 Å². The molecule has 2 N–H and O–H groups in total. The van der Waals surface area contributed by atoms with Gasteiger partial charge < -0.3 is 5.73 Å². The van der Waals surface area contributed by atoms with Crippen LogP contribution in [-0.2, 0) is 4.79 Å². The highest BCUT2D eigenvalue weighted by Crippen LogP contribution is 2.37. The average molecular weight is 418 g/mol. The van der Waals surface area contributed by atoms with Crippen molar-refractivity contribution in [3.05, 3.63) is 75.4 Å². The van der Waals surface area contributed by atoms with Gasteiger partial charge in [0.2, 0.25) is 5.91 Å². The van der Waals surface area contributed by atoms with E-state index in [1.165, 1.54) is 15.9 Å². The Morgan fingerprint density at radius 2 is 1.73 bits per heavy atom. The standard InChI is InChI=1S/C24H23N3O2S/c1-4-18(21(25)28)27-22(17-8-6-5-7-9-17)26-23-20(24(27)29)19(15(3)30-23)16-12-10-14(2)11-13-16/h5-13,18H,4H2,1-3H3,(H2,25,28). The van der Waals surface area contributed by atoms with E-state index in [2.05, 4.69) is 0 Å². The van der Waals surface area contributed by atoms with Gasteiger partial charge in [-0.25, -0.2) is 4.98 Å². The first-order valence-electron chi connectivity index (χ1n) is 9.89. The number of amides is 1. The van der Waals surface area contributed by atoms with Crippen molar-refractivity contribution in [1.29, 1.82) is 0 Å². The lowest BCUT2D eigenvalue weighted by atomic mass is 10.0. The highest BCUT2D eigenvalue weighted by molar-refractivity contribution is 7.19. The van der Waals surface area contributed by atoms with E-state index in [1.54, 1.807) is 0 Å². The minimum Gasteiger partial charge on any atom is -0.368 e. The molecule has 4 aromatic rings. The lowest BCUT2D eigenvalue weighted by Gasteiger charge is -2.19. The van der Waals surface area contributed by atoms with Gasteiger partial charge in [0.1, 0.15) is 16.7 Å². The van der Waals surface area contributed by atoms with Gasteiger partial charge in [0.05, 0.1) is 5.39 Å². The maximum atomic E-state index is 13.8. The summed E-state index contributed by atoms with van der Waals surface area (Å²) in [5, 5.41) is 0.542. The second kappa shape index (κ2) is 7.88. The van der Waals surface area contributed by atoms with E-state index in [4.69, 9.17) is 10.7 Å². The number of carbonyl (C=O) groups is 1. The predicted octanol–water partition coefficient (Wildman–Crippen LogP) is 4.85. The summed E-state index contributed by atoms with van der Waals surface area (Å²) in [7, 11) is 0. The first-order valence-corrected chi connectivity index (χ1v) is 10.7. The Kier molecular flexibility index (Phi) is 5.26. The Hall–Kier alpha value is -3.25. The topological polar surface area (TPSA) is 78.0 Å². The third-order valence-corrected chi connectivity index (χ3v) is 6.33. The number of hydrogen-bond donors (Lipinski definition) is 1. The van der Waals surface area contributed by atoms with Gasteiger partial charge in [-0.2, -0.15) is 0 Å². The number of primary amides is 1. The lowest BCUT2D eigenvalue weighted by molar-refractivity contribution is -0.121. The number of hydrogen-bond acceptors (Lipinski definition) is 4. The van der Waals surface area contributed by atoms with E-state index in [0.717, 1.165) is 27.1 Å². The van der Waals surface area contributed by atoms with Crippen molar-refractivity contribution in [2.24, 2.45) is 5.73 Å². The van der Waals surface area contributed by atoms with Crippen LogP contribution in [-0.4, -0.2) is 15.5 Å². The molecule has 0 saturated heterocycles. The van der Waals surface area contributed by atoms with E-state index in [0.29, 0.717) is 22.5 Å². The van der Waals surface area contributed by atoms with Crippen LogP contribution in [0.2, 0.25) is 0 Å². The number of aryl methyl sites for hydroxylation is 2. The zero-order valence-electron chi connectivity index (χ0n) is 17.2. The Morgan fingerprint density at radius 1 is 1.07 bits per heavy atom. The molecule has 0 aliphatic carbocycles. The number of benzene rings is 2. The molecule has 1 atom stereocenters. The number of nitrogens with two attached hydrogens (primary N) is 1. The van der Waals surface area contributed by atoms with Crippen LogP contribution in [0.25, 0.3) is 32.7 Å². The zero-order valence-corrected chi connectivity index (χ0v) is 18.0. The molecule has 0 fully saturated rings. The van der Waals surface area contributed by atoms with Crippen molar-refractivity contribution >= 4 is 27.5 Å². The fraction of sp³-hybridized carbons (Fsp3) is 0.208. The monoisotopic (exact) mass is 417 g/mol. The molecule has 2 aromatic heterocycles. The number of carbonyl (C=O) groups excluding carboxylic acids is 1. The summed E-state index contributed by atoms with van der Waals surface area (Å²) >= 11 is 1.50. The van der Waals surface area contributed by atoms with E-state index >= 15 is 0 Å². The van der Waals surface area contributed by atoms with Crippen molar-refractivity contribution in [2.75, 3.05) is 0 Å². The lowest BCUT2D eigenvalue weighted by Crippen LogP contribution is -2.35. The van der Waals surface area contributed by atoms with Crippen LogP contribution in [0.1, 0.15) is 29.8 Å².